The first-order chi connectivity index (χ1) is 8.08. The van der Waals surface area contributed by atoms with Crippen molar-refractivity contribution in [2.24, 2.45) is 0 Å². The van der Waals surface area contributed by atoms with Crippen molar-refractivity contribution in [3.63, 3.8) is 0 Å². The van der Waals surface area contributed by atoms with E-state index >= 15 is 0 Å². The Labute approximate surface area is 109 Å². The van der Waals surface area contributed by atoms with Crippen molar-refractivity contribution in [3.8, 4) is 5.69 Å². The number of nitrogens with zero attached hydrogens (tertiary/aromatic N) is 2. The highest BCUT2D eigenvalue weighted by Gasteiger charge is 2.07. The van der Waals surface area contributed by atoms with Crippen molar-refractivity contribution in [3.05, 3.63) is 46.5 Å². The van der Waals surface area contributed by atoms with Gasteiger partial charge in [0.1, 0.15) is 5.82 Å². The van der Waals surface area contributed by atoms with Crippen molar-refractivity contribution >= 4 is 15.9 Å². The van der Waals surface area contributed by atoms with Crippen LogP contribution in [0.5, 0.6) is 0 Å². The minimum atomic E-state index is -0.317. The fourth-order valence-electron chi connectivity index (χ4n) is 1.85. The van der Waals surface area contributed by atoms with Crippen LogP contribution >= 0.6 is 15.9 Å². The van der Waals surface area contributed by atoms with Gasteiger partial charge in [-0.25, -0.2) is 4.98 Å². The number of aryl methyl sites for hydroxylation is 1. The van der Waals surface area contributed by atoms with Crippen molar-refractivity contribution in [1.82, 2.24) is 9.55 Å². The van der Waals surface area contributed by atoms with E-state index in [0.29, 0.717) is 6.42 Å². The minimum Gasteiger partial charge on any atom is -0.393 e. The fourth-order valence-corrected chi connectivity index (χ4v) is 2.46. The van der Waals surface area contributed by atoms with Crippen molar-refractivity contribution in [2.75, 3.05) is 0 Å². The summed E-state index contributed by atoms with van der Waals surface area (Å²) >= 11 is 3.56. The van der Waals surface area contributed by atoms with Gasteiger partial charge in [-0.15, -0.1) is 0 Å². The number of hydrogen-bond donors (Lipinski definition) is 1. The smallest absolute Gasteiger partial charge is 0.110 e. The van der Waals surface area contributed by atoms with Gasteiger partial charge in [0.2, 0.25) is 0 Å². The van der Waals surface area contributed by atoms with Crippen LogP contribution in [-0.4, -0.2) is 20.8 Å². The highest BCUT2D eigenvalue weighted by atomic mass is 79.9. The van der Waals surface area contributed by atoms with Gasteiger partial charge in [0, 0.05) is 16.9 Å². The lowest BCUT2D eigenvalue weighted by Crippen LogP contribution is -2.05. The Balaban J connectivity index is 2.35. The molecule has 3 nitrogen and oxygen atoms in total. The Morgan fingerprint density at radius 1 is 1.47 bits per heavy atom. The summed E-state index contributed by atoms with van der Waals surface area (Å²) in [6.45, 7) is 3.76. The molecule has 0 aliphatic heterocycles. The molecule has 1 aromatic carbocycles. The van der Waals surface area contributed by atoms with Crippen molar-refractivity contribution in [2.45, 2.75) is 26.4 Å². The Morgan fingerprint density at radius 3 is 2.76 bits per heavy atom. The largest absolute Gasteiger partial charge is 0.393 e. The minimum absolute atomic E-state index is 0.317. The van der Waals surface area contributed by atoms with Crippen LogP contribution in [0, 0.1) is 6.92 Å². The summed E-state index contributed by atoms with van der Waals surface area (Å²) in [5, 5.41) is 9.36. The SMILES string of the molecule is Cc1nccn1-c1ccc(CC(C)O)cc1Br. The summed E-state index contributed by atoms with van der Waals surface area (Å²) in [5.74, 6) is 0.953. The van der Waals surface area contributed by atoms with Gasteiger partial charge >= 0.3 is 0 Å². The molecule has 4 heteroatoms. The summed E-state index contributed by atoms with van der Waals surface area (Å²) in [5.41, 5.74) is 2.18. The fraction of sp³-hybridized carbons (Fsp3) is 0.308. The zero-order chi connectivity index (χ0) is 12.4. The monoisotopic (exact) mass is 294 g/mol. The third-order valence-corrected chi connectivity index (χ3v) is 3.26. The predicted molar refractivity (Wildman–Crippen MR) is 71.4 cm³/mol. The summed E-state index contributed by atoms with van der Waals surface area (Å²) < 4.78 is 3.03. The number of benzene rings is 1. The molecule has 0 fully saturated rings. The van der Waals surface area contributed by atoms with Crippen molar-refractivity contribution < 1.29 is 5.11 Å². The second kappa shape index (κ2) is 5.02. The number of rotatable bonds is 3. The second-order valence-electron chi connectivity index (χ2n) is 4.18. The first kappa shape index (κ1) is 12.3. The number of aromatic nitrogens is 2. The molecule has 1 N–H and O–H groups in total. The molecule has 1 unspecified atom stereocenters. The molecule has 0 spiro atoms. The summed E-state index contributed by atoms with van der Waals surface area (Å²) in [7, 11) is 0. The van der Waals surface area contributed by atoms with E-state index in [1.807, 2.05) is 35.9 Å². The summed E-state index contributed by atoms with van der Waals surface area (Å²) in [6, 6.07) is 6.12. The molecule has 0 amide bonds. The number of imidazole rings is 1. The van der Waals surface area contributed by atoms with Gasteiger partial charge in [-0.3, -0.25) is 0 Å². The Hall–Kier alpha value is -1.13. The zero-order valence-electron chi connectivity index (χ0n) is 9.89. The van der Waals surface area contributed by atoms with E-state index in [1.165, 1.54) is 0 Å². The van der Waals surface area contributed by atoms with Gasteiger partial charge in [0.25, 0.3) is 0 Å². The molecule has 2 aromatic rings. The van der Waals surface area contributed by atoms with E-state index in [2.05, 4.69) is 20.9 Å². The molecule has 1 aromatic heterocycles. The highest BCUT2D eigenvalue weighted by Crippen LogP contribution is 2.24. The van der Waals surface area contributed by atoms with E-state index < -0.39 is 0 Å². The van der Waals surface area contributed by atoms with Crippen LogP contribution in [0.25, 0.3) is 5.69 Å². The molecule has 1 heterocycles. The molecule has 0 aliphatic carbocycles. The average Bonchev–Trinajstić information content (AvgIpc) is 2.64. The van der Waals surface area contributed by atoms with Gasteiger partial charge in [0.05, 0.1) is 11.8 Å². The zero-order valence-corrected chi connectivity index (χ0v) is 11.5. The predicted octanol–water partition coefficient (Wildman–Crippen LogP) is 2.87. The summed E-state index contributed by atoms with van der Waals surface area (Å²) in [6.07, 6.45) is 4.07. The molecule has 0 saturated carbocycles. The van der Waals surface area contributed by atoms with Gasteiger partial charge in [-0.2, -0.15) is 0 Å². The van der Waals surface area contributed by atoms with Gasteiger partial charge in [-0.1, -0.05) is 6.07 Å². The maximum atomic E-state index is 9.36. The maximum absolute atomic E-state index is 9.36. The van der Waals surface area contributed by atoms with E-state index in [1.54, 1.807) is 13.1 Å². The van der Waals surface area contributed by atoms with Crippen LogP contribution in [-0.2, 0) is 6.42 Å². The highest BCUT2D eigenvalue weighted by molar-refractivity contribution is 9.10. The third kappa shape index (κ3) is 2.76. The molecular weight excluding hydrogens is 280 g/mol. The van der Waals surface area contributed by atoms with Gasteiger partial charge in [0.15, 0.2) is 0 Å². The molecule has 1 atom stereocenters. The molecule has 0 radical (unpaired) electrons. The van der Waals surface area contributed by atoms with E-state index in [9.17, 15) is 5.11 Å². The first-order valence-electron chi connectivity index (χ1n) is 5.54. The molecule has 90 valence electrons. The second-order valence-corrected chi connectivity index (χ2v) is 5.04. The maximum Gasteiger partial charge on any atom is 0.110 e. The lowest BCUT2D eigenvalue weighted by molar-refractivity contribution is 0.195. The topological polar surface area (TPSA) is 38.0 Å². The molecule has 2 rings (SSSR count). The van der Waals surface area contributed by atoms with Crippen LogP contribution in [0.1, 0.15) is 18.3 Å². The van der Waals surface area contributed by atoms with Crippen LogP contribution in [0.2, 0.25) is 0 Å². The number of aliphatic hydroxyl groups is 1. The third-order valence-electron chi connectivity index (χ3n) is 2.63. The van der Waals surface area contributed by atoms with Crippen LogP contribution in [0.3, 0.4) is 0 Å². The van der Waals surface area contributed by atoms with Crippen LogP contribution < -0.4 is 0 Å². The average molecular weight is 295 g/mol. The Bertz CT molecular complexity index is 520. The van der Waals surface area contributed by atoms with Crippen molar-refractivity contribution in [1.29, 1.82) is 0 Å². The quantitative estimate of drug-likeness (QED) is 0.945. The van der Waals surface area contributed by atoms with Gasteiger partial charge in [-0.05, 0) is 53.9 Å². The number of aliphatic hydroxyl groups excluding tert-OH is 1. The molecular formula is C13H15BrN2O. The summed E-state index contributed by atoms with van der Waals surface area (Å²) in [4.78, 5) is 4.21. The number of halogens is 1. The van der Waals surface area contributed by atoms with Crippen LogP contribution in [0.15, 0.2) is 35.1 Å². The van der Waals surface area contributed by atoms with E-state index in [4.69, 9.17) is 0 Å². The molecule has 0 bridgehead atoms. The van der Waals surface area contributed by atoms with E-state index in [-0.39, 0.29) is 6.10 Å². The first-order valence-corrected chi connectivity index (χ1v) is 6.34. The normalized spacial score (nSPS) is 12.7. The number of hydrogen-bond acceptors (Lipinski definition) is 2. The molecule has 17 heavy (non-hydrogen) atoms. The van der Waals surface area contributed by atoms with E-state index in [0.717, 1.165) is 21.5 Å². The standard InChI is InChI=1S/C13H15BrN2O/c1-9(17)7-11-3-4-13(12(14)8-11)16-6-5-15-10(16)2/h3-6,8-9,17H,7H2,1-2H3. The Kier molecular flexibility index (Phi) is 3.64. The lowest BCUT2D eigenvalue weighted by Gasteiger charge is -2.10. The molecule has 0 aliphatic rings. The lowest BCUT2D eigenvalue weighted by atomic mass is 10.1. The Morgan fingerprint density at radius 2 is 2.24 bits per heavy atom. The molecule has 0 saturated heterocycles. The van der Waals surface area contributed by atoms with Gasteiger partial charge < -0.3 is 9.67 Å². The van der Waals surface area contributed by atoms with Crippen LogP contribution in [0.4, 0.5) is 0 Å².